The number of carbonyl (C=O) groups is 2. The number of amides is 1. The van der Waals surface area contributed by atoms with Gasteiger partial charge in [-0.05, 0) is 55.1 Å². The number of hydrogen-bond acceptors (Lipinski definition) is 3. The Hall–Kier alpha value is -2.46. The molecule has 150 valence electrons. The van der Waals surface area contributed by atoms with E-state index in [-0.39, 0.29) is 11.7 Å². The first-order valence-electron chi connectivity index (χ1n) is 10.1. The average molecular weight is 381 g/mol. The summed E-state index contributed by atoms with van der Waals surface area (Å²) >= 11 is 0. The molecule has 2 aromatic rings. The van der Waals surface area contributed by atoms with Crippen molar-refractivity contribution in [3.63, 3.8) is 0 Å². The number of ketones is 1. The largest absolute Gasteiger partial charge is 0.326 e. The number of carbonyl (C=O) groups excluding carboxylic acids is 2. The van der Waals surface area contributed by atoms with E-state index in [2.05, 4.69) is 31.4 Å². The van der Waals surface area contributed by atoms with Crippen LogP contribution in [-0.4, -0.2) is 25.3 Å². The molecule has 28 heavy (non-hydrogen) atoms. The maximum absolute atomic E-state index is 12.4. The number of rotatable bonds is 10. The molecule has 0 aromatic heterocycles. The van der Waals surface area contributed by atoms with E-state index in [0.717, 1.165) is 35.3 Å². The standard InChI is InChI=1S/C24H32N2O2/c1-17(2)5-14-24(28)26-22-12-10-20(11-13-22)19-6-8-21(9-7-19)23(27)15-18(3)16-25-4/h6-13,17-18,25H,5,14-16H2,1-4H3,(H,26,28). The van der Waals surface area contributed by atoms with Crippen LogP contribution in [-0.2, 0) is 4.79 Å². The van der Waals surface area contributed by atoms with Crippen molar-refractivity contribution < 1.29 is 9.59 Å². The van der Waals surface area contributed by atoms with Crippen molar-refractivity contribution in [3.05, 3.63) is 54.1 Å². The number of benzene rings is 2. The quantitative estimate of drug-likeness (QED) is 0.560. The lowest BCUT2D eigenvalue weighted by Gasteiger charge is -2.10. The minimum absolute atomic E-state index is 0.0526. The van der Waals surface area contributed by atoms with Crippen LogP contribution in [0.15, 0.2) is 48.5 Å². The van der Waals surface area contributed by atoms with Crippen molar-refractivity contribution in [1.82, 2.24) is 5.32 Å². The first kappa shape index (κ1) is 21.8. The van der Waals surface area contributed by atoms with E-state index in [1.807, 2.05) is 55.6 Å². The second-order valence-electron chi connectivity index (χ2n) is 7.93. The van der Waals surface area contributed by atoms with E-state index >= 15 is 0 Å². The minimum atomic E-state index is 0.0526. The lowest BCUT2D eigenvalue weighted by atomic mass is 9.97. The summed E-state index contributed by atoms with van der Waals surface area (Å²) in [6.45, 7) is 7.14. The summed E-state index contributed by atoms with van der Waals surface area (Å²) in [6, 6.07) is 15.6. The topological polar surface area (TPSA) is 58.2 Å². The number of nitrogens with one attached hydrogen (secondary N) is 2. The van der Waals surface area contributed by atoms with Crippen LogP contribution in [0.25, 0.3) is 11.1 Å². The van der Waals surface area contributed by atoms with Gasteiger partial charge in [-0.25, -0.2) is 0 Å². The van der Waals surface area contributed by atoms with Crippen LogP contribution in [0, 0.1) is 11.8 Å². The molecule has 0 aliphatic carbocycles. The Morgan fingerprint density at radius 2 is 1.46 bits per heavy atom. The van der Waals surface area contributed by atoms with Gasteiger partial charge in [0.15, 0.2) is 5.78 Å². The third-order valence-electron chi connectivity index (χ3n) is 4.74. The molecule has 0 spiro atoms. The Kier molecular flexibility index (Phi) is 8.40. The van der Waals surface area contributed by atoms with Crippen molar-refractivity contribution >= 4 is 17.4 Å². The van der Waals surface area contributed by atoms with E-state index in [1.54, 1.807) is 0 Å². The molecule has 0 bridgehead atoms. The van der Waals surface area contributed by atoms with Crippen LogP contribution >= 0.6 is 0 Å². The van der Waals surface area contributed by atoms with E-state index in [1.165, 1.54) is 0 Å². The summed E-state index contributed by atoms with van der Waals surface area (Å²) in [4.78, 5) is 24.3. The predicted octanol–water partition coefficient (Wildman–Crippen LogP) is 5.16. The lowest BCUT2D eigenvalue weighted by Crippen LogP contribution is -2.19. The van der Waals surface area contributed by atoms with Crippen LogP contribution in [0.4, 0.5) is 5.69 Å². The van der Waals surface area contributed by atoms with E-state index < -0.39 is 0 Å². The molecule has 0 heterocycles. The van der Waals surface area contributed by atoms with Gasteiger partial charge in [0.1, 0.15) is 0 Å². The van der Waals surface area contributed by atoms with Crippen LogP contribution < -0.4 is 10.6 Å². The molecule has 2 aromatic carbocycles. The van der Waals surface area contributed by atoms with Gasteiger partial charge in [-0.15, -0.1) is 0 Å². The summed E-state index contributed by atoms with van der Waals surface area (Å²) in [6.07, 6.45) is 1.98. The van der Waals surface area contributed by atoms with Crippen molar-refractivity contribution in [1.29, 1.82) is 0 Å². The van der Waals surface area contributed by atoms with Crippen LogP contribution in [0.2, 0.25) is 0 Å². The second-order valence-corrected chi connectivity index (χ2v) is 7.93. The molecular formula is C24H32N2O2. The van der Waals surface area contributed by atoms with Crippen LogP contribution in [0.3, 0.4) is 0 Å². The smallest absolute Gasteiger partial charge is 0.224 e. The third kappa shape index (κ3) is 6.93. The van der Waals surface area contributed by atoms with Crippen LogP contribution in [0.1, 0.15) is 50.4 Å². The van der Waals surface area contributed by atoms with E-state index in [9.17, 15) is 9.59 Å². The van der Waals surface area contributed by atoms with Crippen molar-refractivity contribution in [2.45, 2.75) is 40.0 Å². The SMILES string of the molecule is CNCC(C)CC(=O)c1ccc(-c2ccc(NC(=O)CCC(C)C)cc2)cc1. The number of anilines is 1. The molecule has 0 fully saturated rings. The summed E-state index contributed by atoms with van der Waals surface area (Å²) in [5, 5.41) is 6.04. The Bertz CT molecular complexity index is 764. The molecular weight excluding hydrogens is 348 g/mol. The van der Waals surface area contributed by atoms with Gasteiger partial charge in [0.25, 0.3) is 0 Å². The Morgan fingerprint density at radius 3 is 2.00 bits per heavy atom. The molecule has 1 atom stereocenters. The molecule has 4 nitrogen and oxygen atoms in total. The number of Topliss-reactive ketones (excluding diaryl/α,β-unsaturated/α-hetero) is 1. The zero-order valence-corrected chi connectivity index (χ0v) is 17.4. The highest BCUT2D eigenvalue weighted by atomic mass is 16.1. The lowest BCUT2D eigenvalue weighted by molar-refractivity contribution is -0.116. The van der Waals surface area contributed by atoms with Crippen molar-refractivity contribution in [2.24, 2.45) is 11.8 Å². The molecule has 0 saturated heterocycles. The average Bonchev–Trinajstić information content (AvgIpc) is 2.67. The number of hydrogen-bond donors (Lipinski definition) is 2. The summed E-state index contributed by atoms with van der Waals surface area (Å²) in [5.74, 6) is 1.07. The minimum Gasteiger partial charge on any atom is -0.326 e. The summed E-state index contributed by atoms with van der Waals surface area (Å²) in [7, 11) is 1.90. The normalized spacial score (nSPS) is 12.0. The summed E-state index contributed by atoms with van der Waals surface area (Å²) in [5.41, 5.74) is 3.67. The van der Waals surface area contributed by atoms with E-state index in [0.29, 0.717) is 24.7 Å². The zero-order chi connectivity index (χ0) is 20.5. The van der Waals surface area contributed by atoms with Gasteiger partial charge in [0.05, 0.1) is 0 Å². The highest BCUT2D eigenvalue weighted by Gasteiger charge is 2.11. The molecule has 1 unspecified atom stereocenters. The van der Waals surface area contributed by atoms with Gasteiger partial charge >= 0.3 is 0 Å². The Morgan fingerprint density at radius 1 is 0.893 bits per heavy atom. The van der Waals surface area contributed by atoms with Crippen molar-refractivity contribution in [2.75, 3.05) is 18.9 Å². The first-order chi connectivity index (χ1) is 13.4. The zero-order valence-electron chi connectivity index (χ0n) is 17.4. The molecule has 0 aliphatic heterocycles. The van der Waals surface area contributed by atoms with Gasteiger partial charge in [-0.3, -0.25) is 9.59 Å². The molecule has 0 aliphatic rings. The fourth-order valence-corrected chi connectivity index (χ4v) is 3.09. The fourth-order valence-electron chi connectivity index (χ4n) is 3.09. The van der Waals surface area contributed by atoms with Gasteiger partial charge < -0.3 is 10.6 Å². The molecule has 0 saturated carbocycles. The van der Waals surface area contributed by atoms with Gasteiger partial charge in [0.2, 0.25) is 5.91 Å². The molecule has 2 N–H and O–H groups in total. The van der Waals surface area contributed by atoms with Gasteiger partial charge in [0, 0.05) is 24.1 Å². The first-order valence-corrected chi connectivity index (χ1v) is 10.1. The third-order valence-corrected chi connectivity index (χ3v) is 4.74. The maximum atomic E-state index is 12.4. The monoisotopic (exact) mass is 380 g/mol. The Balaban J connectivity index is 1.96. The highest BCUT2D eigenvalue weighted by molar-refractivity contribution is 5.96. The fraction of sp³-hybridized carbons (Fsp3) is 0.417. The maximum Gasteiger partial charge on any atom is 0.224 e. The van der Waals surface area contributed by atoms with Gasteiger partial charge in [-0.2, -0.15) is 0 Å². The van der Waals surface area contributed by atoms with Crippen molar-refractivity contribution in [3.8, 4) is 11.1 Å². The highest BCUT2D eigenvalue weighted by Crippen LogP contribution is 2.23. The van der Waals surface area contributed by atoms with Gasteiger partial charge in [-0.1, -0.05) is 57.2 Å². The predicted molar refractivity (Wildman–Crippen MR) is 117 cm³/mol. The molecule has 4 heteroatoms. The molecule has 2 rings (SSSR count). The Labute approximate surface area is 168 Å². The molecule has 1 amide bonds. The van der Waals surface area contributed by atoms with E-state index in [4.69, 9.17) is 0 Å². The molecule has 0 radical (unpaired) electrons. The van der Waals surface area contributed by atoms with Crippen LogP contribution in [0.5, 0.6) is 0 Å². The summed E-state index contributed by atoms with van der Waals surface area (Å²) < 4.78 is 0. The second kappa shape index (κ2) is 10.8.